The van der Waals surface area contributed by atoms with Crippen LogP contribution < -0.4 is 5.32 Å². The van der Waals surface area contributed by atoms with Gasteiger partial charge in [0.2, 0.25) is 5.91 Å². The van der Waals surface area contributed by atoms with Crippen molar-refractivity contribution in [3.63, 3.8) is 0 Å². The number of nitrogens with zero attached hydrogens (tertiary/aromatic N) is 2. The molecule has 0 aliphatic heterocycles. The fourth-order valence-corrected chi connectivity index (χ4v) is 4.31. The van der Waals surface area contributed by atoms with E-state index in [9.17, 15) is 4.79 Å². The molecule has 4 rings (SSSR count). The lowest BCUT2D eigenvalue weighted by molar-refractivity contribution is -0.126. The third-order valence-electron chi connectivity index (χ3n) is 5.87. The van der Waals surface area contributed by atoms with E-state index in [2.05, 4.69) is 53.2 Å². The molecule has 1 N–H and O–H groups in total. The zero-order valence-electron chi connectivity index (χ0n) is 16.6. The van der Waals surface area contributed by atoms with Crippen LogP contribution in [-0.2, 0) is 17.8 Å². The second kappa shape index (κ2) is 8.59. The minimum Gasteiger partial charge on any atom is -0.346 e. The number of amides is 1. The second-order valence-electron chi connectivity index (χ2n) is 7.91. The molecule has 0 saturated heterocycles. The number of imidazole rings is 1. The van der Waals surface area contributed by atoms with Crippen LogP contribution in [0.3, 0.4) is 0 Å². The molecule has 1 saturated carbocycles. The van der Waals surface area contributed by atoms with E-state index in [0.29, 0.717) is 0 Å². The Morgan fingerprint density at radius 3 is 2.57 bits per heavy atom. The molecule has 146 valence electrons. The number of benzene rings is 2. The van der Waals surface area contributed by atoms with Crippen molar-refractivity contribution in [1.29, 1.82) is 0 Å². The first kappa shape index (κ1) is 18.7. The molecule has 4 heteroatoms. The maximum Gasteiger partial charge on any atom is 0.223 e. The molecule has 4 nitrogen and oxygen atoms in total. The Bertz CT molecular complexity index is 925. The summed E-state index contributed by atoms with van der Waals surface area (Å²) in [5, 5.41) is 3.24. The highest BCUT2D eigenvalue weighted by Gasteiger charge is 2.24. The predicted octanol–water partition coefficient (Wildman–Crippen LogP) is 5.04. The molecule has 3 aromatic rings. The van der Waals surface area contributed by atoms with E-state index >= 15 is 0 Å². The highest BCUT2D eigenvalue weighted by Crippen LogP contribution is 2.26. The van der Waals surface area contributed by atoms with Gasteiger partial charge in [-0.15, -0.1) is 0 Å². The number of carbonyl (C=O) groups is 1. The summed E-state index contributed by atoms with van der Waals surface area (Å²) >= 11 is 0. The van der Waals surface area contributed by atoms with Crippen LogP contribution >= 0.6 is 0 Å². The SMILES string of the molecule is CC(NC(=O)C1CCCCC1)c1nc2ccccc2n1CCc1ccccc1. The molecule has 2 aromatic carbocycles. The molecule has 1 aliphatic rings. The first-order chi connectivity index (χ1) is 13.7. The molecule has 1 fully saturated rings. The van der Waals surface area contributed by atoms with Crippen LogP contribution in [0, 0.1) is 5.92 Å². The molecular weight excluding hydrogens is 346 g/mol. The Morgan fingerprint density at radius 2 is 1.79 bits per heavy atom. The Hall–Kier alpha value is -2.62. The number of fused-ring (bicyclic) bond motifs is 1. The fraction of sp³-hybridized carbons (Fsp3) is 0.417. The predicted molar refractivity (Wildman–Crippen MR) is 113 cm³/mol. The molecule has 0 spiro atoms. The van der Waals surface area contributed by atoms with Crippen molar-refractivity contribution in [3.05, 3.63) is 66.0 Å². The van der Waals surface area contributed by atoms with Gasteiger partial charge in [0, 0.05) is 12.5 Å². The maximum atomic E-state index is 12.7. The van der Waals surface area contributed by atoms with Crippen LogP contribution in [-0.4, -0.2) is 15.5 Å². The van der Waals surface area contributed by atoms with Crippen LogP contribution in [0.25, 0.3) is 11.0 Å². The summed E-state index contributed by atoms with van der Waals surface area (Å²) in [6, 6.07) is 18.7. The van der Waals surface area contributed by atoms with Gasteiger partial charge in [-0.25, -0.2) is 4.98 Å². The van der Waals surface area contributed by atoms with E-state index in [-0.39, 0.29) is 17.9 Å². The fourth-order valence-electron chi connectivity index (χ4n) is 4.31. The topological polar surface area (TPSA) is 46.9 Å². The minimum absolute atomic E-state index is 0.0994. The van der Waals surface area contributed by atoms with Gasteiger partial charge >= 0.3 is 0 Å². The number of aromatic nitrogens is 2. The summed E-state index contributed by atoms with van der Waals surface area (Å²) in [5.41, 5.74) is 3.43. The number of rotatable bonds is 6. The lowest BCUT2D eigenvalue weighted by atomic mass is 9.88. The zero-order chi connectivity index (χ0) is 19.3. The normalized spacial score (nSPS) is 16.2. The van der Waals surface area contributed by atoms with Gasteiger partial charge in [-0.05, 0) is 43.9 Å². The standard InChI is InChI=1S/C24H29N3O/c1-18(25-24(28)20-12-6-3-7-13-20)23-26-21-14-8-9-15-22(21)27(23)17-16-19-10-4-2-5-11-19/h2,4-5,8-11,14-15,18,20H,3,6-7,12-13,16-17H2,1H3,(H,25,28). The van der Waals surface area contributed by atoms with Crippen LogP contribution in [0.1, 0.15) is 56.5 Å². The van der Waals surface area contributed by atoms with Gasteiger partial charge in [0.15, 0.2) is 0 Å². The molecule has 1 atom stereocenters. The number of hydrogen-bond acceptors (Lipinski definition) is 2. The van der Waals surface area contributed by atoms with Gasteiger partial charge in [-0.3, -0.25) is 4.79 Å². The smallest absolute Gasteiger partial charge is 0.223 e. The second-order valence-corrected chi connectivity index (χ2v) is 7.91. The number of carbonyl (C=O) groups excluding carboxylic acids is 1. The number of hydrogen-bond donors (Lipinski definition) is 1. The summed E-state index contributed by atoms with van der Waals surface area (Å²) in [4.78, 5) is 17.6. The van der Waals surface area contributed by atoms with Crippen molar-refractivity contribution in [1.82, 2.24) is 14.9 Å². The lowest BCUT2D eigenvalue weighted by Crippen LogP contribution is -2.35. The van der Waals surface area contributed by atoms with Crippen molar-refractivity contribution in [2.24, 2.45) is 5.92 Å². The van der Waals surface area contributed by atoms with Gasteiger partial charge in [0.1, 0.15) is 5.82 Å². The molecule has 1 aromatic heterocycles. The van der Waals surface area contributed by atoms with Gasteiger partial charge in [0.25, 0.3) is 0 Å². The third-order valence-corrected chi connectivity index (χ3v) is 5.87. The van der Waals surface area contributed by atoms with E-state index < -0.39 is 0 Å². The molecule has 0 radical (unpaired) electrons. The van der Waals surface area contributed by atoms with Gasteiger partial charge in [0.05, 0.1) is 17.1 Å². The number of aryl methyl sites for hydroxylation is 2. The number of nitrogens with one attached hydrogen (secondary N) is 1. The van der Waals surface area contributed by atoms with Gasteiger partial charge in [-0.2, -0.15) is 0 Å². The quantitative estimate of drug-likeness (QED) is 0.656. The molecule has 0 bridgehead atoms. The van der Waals surface area contributed by atoms with E-state index in [1.807, 2.05) is 18.2 Å². The van der Waals surface area contributed by atoms with Crippen molar-refractivity contribution in [2.75, 3.05) is 0 Å². The summed E-state index contributed by atoms with van der Waals surface area (Å²) in [7, 11) is 0. The highest BCUT2D eigenvalue weighted by atomic mass is 16.1. The number of para-hydroxylation sites is 2. The van der Waals surface area contributed by atoms with Crippen LogP contribution in [0.5, 0.6) is 0 Å². The Labute approximate surface area is 167 Å². The van der Waals surface area contributed by atoms with Crippen LogP contribution in [0.4, 0.5) is 0 Å². The van der Waals surface area contributed by atoms with Crippen molar-refractivity contribution in [3.8, 4) is 0 Å². The highest BCUT2D eigenvalue weighted by molar-refractivity contribution is 5.80. The first-order valence-corrected chi connectivity index (χ1v) is 10.5. The average Bonchev–Trinajstić information content (AvgIpc) is 3.12. The average molecular weight is 376 g/mol. The van der Waals surface area contributed by atoms with E-state index in [1.165, 1.54) is 24.8 Å². The molecule has 28 heavy (non-hydrogen) atoms. The van der Waals surface area contributed by atoms with Crippen LogP contribution in [0.15, 0.2) is 54.6 Å². The van der Waals surface area contributed by atoms with E-state index in [4.69, 9.17) is 4.98 Å². The Kier molecular flexibility index (Phi) is 5.75. The van der Waals surface area contributed by atoms with Gasteiger partial charge < -0.3 is 9.88 Å². The van der Waals surface area contributed by atoms with Crippen molar-refractivity contribution < 1.29 is 4.79 Å². The van der Waals surface area contributed by atoms with E-state index in [0.717, 1.165) is 42.7 Å². The summed E-state index contributed by atoms with van der Waals surface area (Å²) in [6.45, 7) is 2.91. The minimum atomic E-state index is -0.0994. The summed E-state index contributed by atoms with van der Waals surface area (Å²) < 4.78 is 2.27. The first-order valence-electron chi connectivity index (χ1n) is 10.5. The molecule has 1 heterocycles. The zero-order valence-corrected chi connectivity index (χ0v) is 16.6. The van der Waals surface area contributed by atoms with Crippen molar-refractivity contribution in [2.45, 2.75) is 58.0 Å². The third kappa shape index (κ3) is 4.11. The summed E-state index contributed by atoms with van der Waals surface area (Å²) in [5.74, 6) is 1.30. The molecule has 1 amide bonds. The Morgan fingerprint density at radius 1 is 1.07 bits per heavy atom. The molecular formula is C24H29N3O. The Balaban J connectivity index is 1.55. The van der Waals surface area contributed by atoms with Crippen molar-refractivity contribution >= 4 is 16.9 Å². The largest absolute Gasteiger partial charge is 0.346 e. The lowest BCUT2D eigenvalue weighted by Gasteiger charge is -2.23. The maximum absolute atomic E-state index is 12.7. The monoisotopic (exact) mass is 375 g/mol. The molecule has 1 aliphatic carbocycles. The molecule has 1 unspecified atom stereocenters. The van der Waals surface area contributed by atoms with Gasteiger partial charge in [-0.1, -0.05) is 61.7 Å². The van der Waals surface area contributed by atoms with E-state index in [1.54, 1.807) is 0 Å². The van der Waals surface area contributed by atoms with Crippen LogP contribution in [0.2, 0.25) is 0 Å². The summed E-state index contributed by atoms with van der Waals surface area (Å²) in [6.07, 6.45) is 6.57.